The summed E-state index contributed by atoms with van der Waals surface area (Å²) in [6.45, 7) is 1.93. The van der Waals surface area contributed by atoms with E-state index in [1.54, 1.807) is 32.3 Å². The van der Waals surface area contributed by atoms with Gasteiger partial charge in [0, 0.05) is 25.3 Å². The van der Waals surface area contributed by atoms with Gasteiger partial charge in [0.25, 0.3) is 5.91 Å². The van der Waals surface area contributed by atoms with Crippen molar-refractivity contribution in [2.75, 3.05) is 19.4 Å². The summed E-state index contributed by atoms with van der Waals surface area (Å²) in [5.74, 6) is -0.521. The van der Waals surface area contributed by atoms with E-state index in [2.05, 4.69) is 5.32 Å². The highest BCUT2D eigenvalue weighted by Gasteiger charge is 2.37. The van der Waals surface area contributed by atoms with Crippen molar-refractivity contribution in [3.8, 4) is 0 Å². The molecule has 6 heteroatoms. The van der Waals surface area contributed by atoms with Gasteiger partial charge >= 0.3 is 0 Å². The van der Waals surface area contributed by atoms with Crippen molar-refractivity contribution < 1.29 is 9.59 Å². The summed E-state index contributed by atoms with van der Waals surface area (Å²) < 4.78 is 0. The molecular weight excluding hydrogens is 314 g/mol. The smallest absolute Gasteiger partial charge is 0.254 e. The Kier molecular flexibility index (Phi) is 5.32. The van der Waals surface area contributed by atoms with Crippen molar-refractivity contribution in [3.05, 3.63) is 28.8 Å². The van der Waals surface area contributed by atoms with Crippen LogP contribution >= 0.6 is 11.6 Å². The average Bonchev–Trinajstić information content (AvgIpc) is 2.47. The number of rotatable bonds is 3. The van der Waals surface area contributed by atoms with Gasteiger partial charge in [-0.15, -0.1) is 0 Å². The van der Waals surface area contributed by atoms with Crippen molar-refractivity contribution in [2.24, 2.45) is 11.7 Å². The van der Waals surface area contributed by atoms with Crippen LogP contribution in [0.15, 0.2) is 18.2 Å². The third-order valence-electron chi connectivity index (χ3n) is 4.44. The number of benzene rings is 1. The SMILES string of the molecule is CN(C)C(=O)c1cc(NC(=O)C2CCCCC2(C)N)ccc1Cl. The number of carbonyl (C=O) groups is 2. The van der Waals surface area contributed by atoms with E-state index in [4.69, 9.17) is 17.3 Å². The molecule has 3 N–H and O–H groups in total. The van der Waals surface area contributed by atoms with Crippen molar-refractivity contribution in [2.45, 2.75) is 38.1 Å². The molecule has 1 saturated carbocycles. The molecule has 0 aliphatic heterocycles. The van der Waals surface area contributed by atoms with Crippen LogP contribution in [0.3, 0.4) is 0 Å². The van der Waals surface area contributed by atoms with E-state index >= 15 is 0 Å². The van der Waals surface area contributed by atoms with E-state index in [1.807, 2.05) is 6.92 Å². The lowest BCUT2D eigenvalue weighted by Gasteiger charge is -2.37. The van der Waals surface area contributed by atoms with Crippen molar-refractivity contribution in [1.82, 2.24) is 4.90 Å². The monoisotopic (exact) mass is 337 g/mol. The number of nitrogens with two attached hydrogens (primary N) is 1. The van der Waals surface area contributed by atoms with Crippen LogP contribution in [-0.2, 0) is 4.79 Å². The number of halogens is 1. The van der Waals surface area contributed by atoms with Crippen LogP contribution < -0.4 is 11.1 Å². The first kappa shape index (κ1) is 17.8. The second kappa shape index (κ2) is 6.89. The van der Waals surface area contributed by atoms with Crippen LogP contribution in [-0.4, -0.2) is 36.3 Å². The lowest BCUT2D eigenvalue weighted by molar-refractivity contribution is -0.122. The molecule has 5 nitrogen and oxygen atoms in total. The lowest BCUT2D eigenvalue weighted by atomic mass is 9.74. The molecular formula is C17H24ClN3O2. The minimum Gasteiger partial charge on any atom is -0.345 e. The summed E-state index contributed by atoms with van der Waals surface area (Å²) in [5, 5.41) is 3.24. The maximum Gasteiger partial charge on any atom is 0.254 e. The molecule has 2 atom stereocenters. The van der Waals surface area contributed by atoms with E-state index in [0.29, 0.717) is 16.3 Å². The second-order valence-electron chi connectivity index (χ2n) is 6.69. The number of amides is 2. The molecule has 1 aliphatic rings. The molecule has 126 valence electrons. The fourth-order valence-electron chi connectivity index (χ4n) is 3.03. The number of nitrogens with zero attached hydrogens (tertiary/aromatic N) is 1. The zero-order chi connectivity index (χ0) is 17.2. The Bertz CT molecular complexity index is 614. The maximum atomic E-state index is 12.6. The molecule has 0 radical (unpaired) electrons. The molecule has 0 saturated heterocycles. The van der Waals surface area contributed by atoms with Gasteiger partial charge in [0.15, 0.2) is 0 Å². The van der Waals surface area contributed by atoms with Crippen molar-refractivity contribution >= 4 is 29.1 Å². The molecule has 0 aromatic heterocycles. The molecule has 0 heterocycles. The third-order valence-corrected chi connectivity index (χ3v) is 4.77. The van der Waals surface area contributed by atoms with Gasteiger partial charge in [0.2, 0.25) is 5.91 Å². The summed E-state index contributed by atoms with van der Waals surface area (Å²) in [6, 6.07) is 4.93. The zero-order valence-electron chi connectivity index (χ0n) is 13.9. The Morgan fingerprint density at radius 1 is 1.35 bits per heavy atom. The highest BCUT2D eigenvalue weighted by molar-refractivity contribution is 6.34. The summed E-state index contributed by atoms with van der Waals surface area (Å²) in [6.07, 6.45) is 3.70. The molecule has 1 aromatic rings. The molecule has 1 fully saturated rings. The highest BCUT2D eigenvalue weighted by atomic mass is 35.5. The highest BCUT2D eigenvalue weighted by Crippen LogP contribution is 2.32. The molecule has 1 aromatic carbocycles. The van der Waals surface area contributed by atoms with Crippen LogP contribution in [0.5, 0.6) is 0 Å². The van der Waals surface area contributed by atoms with Gasteiger partial charge in [0.05, 0.1) is 16.5 Å². The molecule has 0 spiro atoms. The Balaban J connectivity index is 2.18. The van der Waals surface area contributed by atoms with Gasteiger partial charge in [-0.3, -0.25) is 9.59 Å². The number of carbonyl (C=O) groups excluding carboxylic acids is 2. The van der Waals surface area contributed by atoms with E-state index in [0.717, 1.165) is 25.7 Å². The number of hydrogen-bond donors (Lipinski definition) is 2. The van der Waals surface area contributed by atoms with Crippen LogP contribution in [0.4, 0.5) is 5.69 Å². The molecule has 0 bridgehead atoms. The zero-order valence-corrected chi connectivity index (χ0v) is 14.6. The third kappa shape index (κ3) is 4.03. The first-order chi connectivity index (χ1) is 10.7. The van der Waals surface area contributed by atoms with Gasteiger partial charge in [-0.25, -0.2) is 0 Å². The van der Waals surface area contributed by atoms with E-state index < -0.39 is 5.54 Å². The van der Waals surface area contributed by atoms with Crippen LogP contribution in [0.2, 0.25) is 5.02 Å². The molecule has 1 aliphatic carbocycles. The first-order valence-corrected chi connectivity index (χ1v) is 8.21. The second-order valence-corrected chi connectivity index (χ2v) is 7.09. The predicted octanol–water partition coefficient (Wildman–Crippen LogP) is 2.89. The van der Waals surface area contributed by atoms with Gasteiger partial charge in [-0.1, -0.05) is 24.4 Å². The summed E-state index contributed by atoms with van der Waals surface area (Å²) >= 11 is 6.09. The fourth-order valence-corrected chi connectivity index (χ4v) is 3.22. The Hall–Kier alpha value is -1.59. The minimum absolute atomic E-state index is 0.0970. The van der Waals surface area contributed by atoms with Gasteiger partial charge in [-0.05, 0) is 38.0 Å². The largest absolute Gasteiger partial charge is 0.345 e. The quantitative estimate of drug-likeness (QED) is 0.890. The van der Waals surface area contributed by atoms with Crippen LogP contribution in [0.1, 0.15) is 43.0 Å². The number of anilines is 1. The van der Waals surface area contributed by atoms with Crippen molar-refractivity contribution in [1.29, 1.82) is 0 Å². The molecule has 23 heavy (non-hydrogen) atoms. The average molecular weight is 338 g/mol. The normalized spacial score (nSPS) is 24.1. The topological polar surface area (TPSA) is 75.4 Å². The Labute approximate surface area is 142 Å². The molecule has 2 rings (SSSR count). The minimum atomic E-state index is -0.489. The van der Waals surface area contributed by atoms with Gasteiger partial charge in [0.1, 0.15) is 0 Å². The number of nitrogens with one attached hydrogen (secondary N) is 1. The predicted molar refractivity (Wildman–Crippen MR) is 92.6 cm³/mol. The van der Waals surface area contributed by atoms with Crippen molar-refractivity contribution in [3.63, 3.8) is 0 Å². The molecule has 2 unspecified atom stereocenters. The van der Waals surface area contributed by atoms with Crippen LogP contribution in [0.25, 0.3) is 0 Å². The summed E-state index contributed by atoms with van der Waals surface area (Å²) in [5.41, 5.74) is 6.72. The van der Waals surface area contributed by atoms with Gasteiger partial charge < -0.3 is 16.0 Å². The van der Waals surface area contributed by atoms with E-state index in [9.17, 15) is 9.59 Å². The lowest BCUT2D eigenvalue weighted by Crippen LogP contribution is -2.51. The number of hydrogen-bond acceptors (Lipinski definition) is 3. The Morgan fingerprint density at radius 2 is 2.04 bits per heavy atom. The standard InChI is InChI=1S/C17H24ClN3O2/c1-17(19)9-5-4-6-13(17)15(22)20-11-7-8-14(18)12(10-11)16(23)21(2)3/h7-8,10,13H,4-6,9,19H2,1-3H3,(H,20,22). The molecule has 2 amide bonds. The van der Waals surface area contributed by atoms with Gasteiger partial charge in [-0.2, -0.15) is 0 Å². The van der Waals surface area contributed by atoms with Crippen LogP contribution in [0, 0.1) is 5.92 Å². The van der Waals surface area contributed by atoms with E-state index in [-0.39, 0.29) is 17.7 Å². The summed E-state index contributed by atoms with van der Waals surface area (Å²) in [4.78, 5) is 26.1. The fraction of sp³-hybridized carbons (Fsp3) is 0.529. The summed E-state index contributed by atoms with van der Waals surface area (Å²) in [7, 11) is 3.32. The Morgan fingerprint density at radius 3 is 2.65 bits per heavy atom. The maximum absolute atomic E-state index is 12.6. The first-order valence-electron chi connectivity index (χ1n) is 7.83. The van der Waals surface area contributed by atoms with E-state index in [1.165, 1.54) is 4.90 Å².